The zero-order chi connectivity index (χ0) is 13.8. The SMILES string of the molecule is O=C(NCC1COc2ccccc2O1)c1cnccn1. The molecule has 0 saturated carbocycles. The summed E-state index contributed by atoms with van der Waals surface area (Å²) in [6.07, 6.45) is 4.20. The molecule has 0 aliphatic carbocycles. The largest absolute Gasteiger partial charge is 0.486 e. The average Bonchev–Trinajstić information content (AvgIpc) is 2.53. The molecular weight excluding hydrogens is 258 g/mol. The molecule has 0 spiro atoms. The van der Waals surface area contributed by atoms with Crippen LogP contribution in [0.4, 0.5) is 0 Å². The van der Waals surface area contributed by atoms with Crippen molar-refractivity contribution in [3.63, 3.8) is 0 Å². The van der Waals surface area contributed by atoms with Crippen LogP contribution in [0.2, 0.25) is 0 Å². The molecule has 6 heteroatoms. The number of carbonyl (C=O) groups excluding carboxylic acids is 1. The predicted molar refractivity (Wildman–Crippen MR) is 70.7 cm³/mol. The summed E-state index contributed by atoms with van der Waals surface area (Å²) in [5.41, 5.74) is 0.282. The molecule has 1 aliphatic heterocycles. The summed E-state index contributed by atoms with van der Waals surface area (Å²) in [5, 5.41) is 2.75. The van der Waals surface area contributed by atoms with Crippen LogP contribution in [0.5, 0.6) is 11.5 Å². The second kappa shape index (κ2) is 5.56. The van der Waals surface area contributed by atoms with Gasteiger partial charge in [0, 0.05) is 12.4 Å². The minimum absolute atomic E-state index is 0.217. The van der Waals surface area contributed by atoms with Crippen molar-refractivity contribution < 1.29 is 14.3 Å². The smallest absolute Gasteiger partial charge is 0.271 e. The van der Waals surface area contributed by atoms with Gasteiger partial charge in [-0.1, -0.05) is 12.1 Å². The molecule has 0 saturated heterocycles. The number of carbonyl (C=O) groups is 1. The summed E-state index contributed by atoms with van der Waals surface area (Å²) in [6.45, 7) is 0.751. The second-order valence-electron chi connectivity index (χ2n) is 4.30. The molecule has 2 heterocycles. The monoisotopic (exact) mass is 271 g/mol. The summed E-state index contributed by atoms with van der Waals surface area (Å²) in [6, 6.07) is 7.46. The van der Waals surface area contributed by atoms with E-state index in [0.717, 1.165) is 5.75 Å². The predicted octanol–water partition coefficient (Wildman–Crippen LogP) is 1.05. The molecule has 1 N–H and O–H groups in total. The number of fused-ring (bicyclic) bond motifs is 1. The first-order chi connectivity index (χ1) is 9.83. The van der Waals surface area contributed by atoms with E-state index in [4.69, 9.17) is 9.47 Å². The summed E-state index contributed by atoms with van der Waals surface area (Å²) >= 11 is 0. The van der Waals surface area contributed by atoms with E-state index in [0.29, 0.717) is 18.9 Å². The van der Waals surface area contributed by atoms with Gasteiger partial charge in [0.15, 0.2) is 11.5 Å². The van der Waals surface area contributed by atoms with E-state index < -0.39 is 0 Å². The molecule has 6 nitrogen and oxygen atoms in total. The van der Waals surface area contributed by atoms with E-state index in [9.17, 15) is 4.79 Å². The highest BCUT2D eigenvalue weighted by Gasteiger charge is 2.21. The Hall–Kier alpha value is -2.63. The fourth-order valence-electron chi connectivity index (χ4n) is 1.88. The van der Waals surface area contributed by atoms with Gasteiger partial charge in [-0.3, -0.25) is 9.78 Å². The average molecular weight is 271 g/mol. The van der Waals surface area contributed by atoms with Gasteiger partial charge in [-0.05, 0) is 12.1 Å². The van der Waals surface area contributed by atoms with Gasteiger partial charge in [0.25, 0.3) is 5.91 Å². The summed E-state index contributed by atoms with van der Waals surface area (Å²) in [4.78, 5) is 19.6. The van der Waals surface area contributed by atoms with Crippen LogP contribution < -0.4 is 14.8 Å². The molecule has 1 atom stereocenters. The molecule has 1 aliphatic rings. The number of nitrogens with zero attached hydrogens (tertiary/aromatic N) is 2. The lowest BCUT2D eigenvalue weighted by Gasteiger charge is -2.26. The maximum atomic E-state index is 11.8. The molecule has 1 unspecified atom stereocenters. The molecule has 0 fully saturated rings. The van der Waals surface area contributed by atoms with Crippen molar-refractivity contribution in [2.75, 3.05) is 13.2 Å². The van der Waals surface area contributed by atoms with E-state index in [1.54, 1.807) is 0 Å². The third kappa shape index (κ3) is 2.69. The minimum Gasteiger partial charge on any atom is -0.486 e. The normalized spacial score (nSPS) is 16.5. The van der Waals surface area contributed by atoms with Gasteiger partial charge >= 0.3 is 0 Å². The zero-order valence-electron chi connectivity index (χ0n) is 10.7. The number of amides is 1. The second-order valence-corrected chi connectivity index (χ2v) is 4.30. The van der Waals surface area contributed by atoms with Crippen LogP contribution in [0, 0.1) is 0 Å². The van der Waals surface area contributed by atoms with Crippen LogP contribution in [0.25, 0.3) is 0 Å². The third-order valence-corrected chi connectivity index (χ3v) is 2.85. The fourth-order valence-corrected chi connectivity index (χ4v) is 1.88. The Kier molecular flexibility index (Phi) is 3.45. The van der Waals surface area contributed by atoms with Crippen molar-refractivity contribution in [3.8, 4) is 11.5 Å². The van der Waals surface area contributed by atoms with Crippen LogP contribution in [-0.2, 0) is 0 Å². The van der Waals surface area contributed by atoms with Crippen LogP contribution in [0.15, 0.2) is 42.9 Å². The van der Waals surface area contributed by atoms with Gasteiger partial charge in [0.05, 0.1) is 12.7 Å². The van der Waals surface area contributed by atoms with Crippen molar-refractivity contribution in [2.24, 2.45) is 0 Å². The molecule has 20 heavy (non-hydrogen) atoms. The number of hydrogen-bond donors (Lipinski definition) is 1. The highest BCUT2D eigenvalue weighted by molar-refractivity contribution is 5.91. The molecule has 0 bridgehead atoms. The van der Waals surface area contributed by atoms with Crippen molar-refractivity contribution in [1.82, 2.24) is 15.3 Å². The summed E-state index contributed by atoms with van der Waals surface area (Å²) in [5.74, 6) is 1.14. The summed E-state index contributed by atoms with van der Waals surface area (Å²) in [7, 11) is 0. The topological polar surface area (TPSA) is 73.3 Å². The Bertz CT molecular complexity index is 604. The highest BCUT2D eigenvalue weighted by atomic mass is 16.6. The molecule has 3 rings (SSSR count). The lowest BCUT2D eigenvalue weighted by molar-refractivity contribution is 0.0786. The van der Waals surface area contributed by atoms with Crippen LogP contribution in [-0.4, -0.2) is 35.1 Å². The maximum Gasteiger partial charge on any atom is 0.271 e. The Morgan fingerprint density at radius 2 is 2.15 bits per heavy atom. The number of rotatable bonds is 3. The number of nitrogens with one attached hydrogen (secondary N) is 1. The Labute approximate surface area is 115 Å². The van der Waals surface area contributed by atoms with Crippen molar-refractivity contribution in [1.29, 1.82) is 0 Å². The molecule has 1 amide bonds. The van der Waals surface area contributed by atoms with Gasteiger partial charge in [-0.15, -0.1) is 0 Å². The molecular formula is C14H13N3O3. The van der Waals surface area contributed by atoms with E-state index in [2.05, 4.69) is 15.3 Å². The molecule has 2 aromatic rings. The molecule has 1 aromatic heterocycles. The molecule has 0 radical (unpaired) electrons. The first-order valence-corrected chi connectivity index (χ1v) is 6.25. The number of ether oxygens (including phenoxy) is 2. The van der Waals surface area contributed by atoms with E-state index >= 15 is 0 Å². The highest BCUT2D eigenvalue weighted by Crippen LogP contribution is 2.30. The maximum absolute atomic E-state index is 11.8. The van der Waals surface area contributed by atoms with Gasteiger partial charge in [-0.2, -0.15) is 0 Å². The first-order valence-electron chi connectivity index (χ1n) is 6.25. The number of aromatic nitrogens is 2. The van der Waals surface area contributed by atoms with E-state index in [-0.39, 0.29) is 17.7 Å². The quantitative estimate of drug-likeness (QED) is 0.903. The van der Waals surface area contributed by atoms with E-state index in [1.807, 2.05) is 24.3 Å². The van der Waals surface area contributed by atoms with Crippen LogP contribution in [0.1, 0.15) is 10.5 Å². The van der Waals surface area contributed by atoms with Crippen LogP contribution in [0.3, 0.4) is 0 Å². The molecule has 1 aromatic carbocycles. The Balaban J connectivity index is 1.57. The standard InChI is InChI=1S/C14H13N3O3/c18-14(11-8-15-5-6-16-11)17-7-10-9-19-12-3-1-2-4-13(12)20-10/h1-6,8,10H,7,9H2,(H,17,18). The molecule has 102 valence electrons. The first kappa shape index (κ1) is 12.4. The fraction of sp³-hybridized carbons (Fsp3) is 0.214. The zero-order valence-corrected chi connectivity index (χ0v) is 10.7. The summed E-state index contributed by atoms with van der Waals surface area (Å²) < 4.78 is 11.3. The van der Waals surface area contributed by atoms with Crippen molar-refractivity contribution in [2.45, 2.75) is 6.10 Å². The van der Waals surface area contributed by atoms with Crippen LogP contribution >= 0.6 is 0 Å². The lowest BCUT2D eigenvalue weighted by Crippen LogP contribution is -2.40. The third-order valence-electron chi connectivity index (χ3n) is 2.85. The number of hydrogen-bond acceptors (Lipinski definition) is 5. The number of benzene rings is 1. The van der Waals surface area contributed by atoms with Crippen molar-refractivity contribution in [3.05, 3.63) is 48.5 Å². The minimum atomic E-state index is -0.277. The van der Waals surface area contributed by atoms with Gasteiger partial charge < -0.3 is 14.8 Å². The van der Waals surface area contributed by atoms with Gasteiger partial charge in [0.1, 0.15) is 18.4 Å². The van der Waals surface area contributed by atoms with E-state index in [1.165, 1.54) is 18.6 Å². The van der Waals surface area contributed by atoms with Crippen molar-refractivity contribution >= 4 is 5.91 Å². The lowest BCUT2D eigenvalue weighted by atomic mass is 10.2. The number of para-hydroxylation sites is 2. The Morgan fingerprint density at radius 3 is 2.95 bits per heavy atom. The van der Waals surface area contributed by atoms with Gasteiger partial charge in [-0.25, -0.2) is 4.98 Å². The Morgan fingerprint density at radius 1 is 1.30 bits per heavy atom. The van der Waals surface area contributed by atoms with Gasteiger partial charge in [0.2, 0.25) is 0 Å².